The molecule has 4 aliphatic rings. The number of ether oxygens (including phenoxy) is 2. The summed E-state index contributed by atoms with van der Waals surface area (Å²) in [4.78, 5) is 42.9. The number of nitrogens with zero attached hydrogens (tertiary/aromatic N) is 5. The van der Waals surface area contributed by atoms with E-state index in [1.165, 1.54) is 73.6 Å². The molecule has 14 heteroatoms. The molecule has 0 spiro atoms. The number of nitrogens with one attached hydrogen (secondary N) is 3. The number of hydrogen-bond acceptors (Lipinski definition) is 9. The van der Waals surface area contributed by atoms with E-state index >= 15 is 0 Å². The van der Waals surface area contributed by atoms with Crippen LogP contribution in [0.2, 0.25) is 0 Å². The summed E-state index contributed by atoms with van der Waals surface area (Å²) in [5, 5.41) is 30.5. The average Bonchev–Trinajstić information content (AvgIpc) is 4.07. The highest BCUT2D eigenvalue weighted by Crippen LogP contribution is 2.44. The molecule has 0 atom stereocenters. The molecule has 4 N–H and O–H groups in total. The Bertz CT molecular complexity index is 2890. The van der Waals surface area contributed by atoms with E-state index in [1.54, 1.807) is 26.5 Å². The Hall–Kier alpha value is -6.61. The van der Waals surface area contributed by atoms with E-state index in [4.69, 9.17) is 20.0 Å². The van der Waals surface area contributed by atoms with Crippen LogP contribution in [0.5, 0.6) is 0 Å². The van der Waals surface area contributed by atoms with Gasteiger partial charge in [-0.25, -0.2) is 14.8 Å². The van der Waals surface area contributed by atoms with E-state index < -0.39 is 5.97 Å². The van der Waals surface area contributed by atoms with Crippen LogP contribution < -0.4 is 5.32 Å². The van der Waals surface area contributed by atoms with Gasteiger partial charge in [0.2, 0.25) is 0 Å². The van der Waals surface area contributed by atoms with Gasteiger partial charge >= 0.3 is 5.97 Å². The Kier molecular flexibility index (Phi) is 21.4. The third kappa shape index (κ3) is 14.4. The van der Waals surface area contributed by atoms with Crippen LogP contribution in [0.15, 0.2) is 85.2 Å². The molecule has 2 aromatic heterocycles. The summed E-state index contributed by atoms with van der Waals surface area (Å²) in [5.74, 6) is 3.19. The number of H-pyrrole nitrogens is 2. The highest BCUT2D eigenvalue weighted by atomic mass is 35.5. The molecule has 4 heterocycles. The lowest BCUT2D eigenvalue weighted by Gasteiger charge is -2.33. The molecule has 10 rings (SSSR count). The second kappa shape index (κ2) is 27.8. The number of benzene rings is 4. The zero-order valence-corrected chi connectivity index (χ0v) is 44.2. The molecule has 1 amide bonds. The highest BCUT2D eigenvalue weighted by molar-refractivity contribution is 5.97. The number of rotatable bonds is 14. The zero-order valence-electron chi connectivity index (χ0n) is 43.3. The van der Waals surface area contributed by atoms with Gasteiger partial charge in [-0.05, 0) is 172 Å². The minimum Gasteiger partial charge on any atom is -0.478 e. The maximum atomic E-state index is 13.7. The summed E-state index contributed by atoms with van der Waals surface area (Å²) in [6.07, 6.45) is 16.7. The first-order valence-corrected chi connectivity index (χ1v) is 26.2. The number of nitriles is 2. The monoisotopic (exact) mass is 1030 g/mol. The molecule has 2 saturated carbocycles. The van der Waals surface area contributed by atoms with Crippen LogP contribution in [0.1, 0.15) is 172 Å². The fourth-order valence-electron chi connectivity index (χ4n) is 10.6. The van der Waals surface area contributed by atoms with Crippen LogP contribution in [0.25, 0.3) is 22.5 Å². The van der Waals surface area contributed by atoms with Gasteiger partial charge in [-0.15, -0.1) is 12.4 Å². The van der Waals surface area contributed by atoms with Gasteiger partial charge in [-0.2, -0.15) is 10.5 Å². The molecule has 13 nitrogen and oxygen atoms in total. The minimum absolute atomic E-state index is 0. The SMILES string of the molecule is C.COCCc1ncc(-c2cc(C(=O)N3CCC(c4ccc(C#N)cc4)CC3)c(C)cc2C2CCC2)[nH]1.COCCc1ncc(-c2cc(C(=O)O)c(C)cc2C2CCC2)[nH]1.Cl.N#Cc1ccc(C2CCNCC2)cc1. The molecule has 0 bridgehead atoms. The maximum absolute atomic E-state index is 13.7. The molecule has 0 unspecified atom stereocenters. The Morgan fingerprint density at radius 1 is 0.640 bits per heavy atom. The highest BCUT2D eigenvalue weighted by Gasteiger charge is 2.30. The molecule has 2 aliphatic heterocycles. The normalized spacial score (nSPS) is 15.7. The minimum atomic E-state index is -0.886. The third-order valence-corrected chi connectivity index (χ3v) is 15.4. The van der Waals surface area contributed by atoms with Crippen molar-refractivity contribution >= 4 is 24.3 Å². The van der Waals surface area contributed by atoms with Gasteiger partial charge in [0.25, 0.3) is 5.91 Å². The Balaban J connectivity index is 0.000000200. The maximum Gasteiger partial charge on any atom is 0.335 e. The lowest BCUT2D eigenvalue weighted by Crippen LogP contribution is -2.38. The second-order valence-electron chi connectivity index (χ2n) is 20.1. The fraction of sp³-hybridized carbons (Fsp3) is 0.443. The number of carboxylic acid groups (broad SMARTS) is 1. The van der Waals surface area contributed by atoms with Gasteiger partial charge in [0.1, 0.15) is 11.6 Å². The van der Waals surface area contributed by atoms with E-state index in [1.807, 2.05) is 48.4 Å². The summed E-state index contributed by atoms with van der Waals surface area (Å²) in [7, 11) is 3.36. The molecular formula is C61H75ClN8O5. The molecule has 4 aromatic carbocycles. The largest absolute Gasteiger partial charge is 0.478 e. The van der Waals surface area contributed by atoms with Crippen molar-refractivity contribution in [1.29, 1.82) is 10.5 Å². The molecule has 75 heavy (non-hydrogen) atoms. The predicted molar refractivity (Wildman–Crippen MR) is 298 cm³/mol. The third-order valence-electron chi connectivity index (χ3n) is 15.4. The van der Waals surface area contributed by atoms with Crippen LogP contribution in [0, 0.1) is 36.5 Å². The van der Waals surface area contributed by atoms with Crippen LogP contribution in [-0.2, 0) is 22.3 Å². The summed E-state index contributed by atoms with van der Waals surface area (Å²) < 4.78 is 10.3. The molecule has 396 valence electrons. The van der Waals surface area contributed by atoms with E-state index in [2.05, 4.69) is 80.7 Å². The van der Waals surface area contributed by atoms with Gasteiger partial charge in [0.05, 0.1) is 65.8 Å². The summed E-state index contributed by atoms with van der Waals surface area (Å²) >= 11 is 0. The predicted octanol–water partition coefficient (Wildman–Crippen LogP) is 12.4. The number of aromatic carboxylic acids is 1. The fourth-order valence-corrected chi connectivity index (χ4v) is 10.6. The van der Waals surface area contributed by atoms with E-state index in [-0.39, 0.29) is 25.7 Å². The first kappa shape index (κ1) is 57.7. The van der Waals surface area contributed by atoms with E-state index in [9.17, 15) is 14.7 Å². The smallest absolute Gasteiger partial charge is 0.335 e. The van der Waals surface area contributed by atoms with E-state index in [0.29, 0.717) is 54.4 Å². The van der Waals surface area contributed by atoms with Crippen LogP contribution >= 0.6 is 12.4 Å². The number of likely N-dealkylation sites (tertiary alicyclic amines) is 1. The zero-order chi connectivity index (χ0) is 51.3. The second-order valence-corrected chi connectivity index (χ2v) is 20.1. The Morgan fingerprint density at radius 2 is 1.07 bits per heavy atom. The van der Waals surface area contributed by atoms with Crippen LogP contribution in [-0.4, -0.2) is 95.4 Å². The van der Waals surface area contributed by atoms with Crippen molar-refractivity contribution in [3.63, 3.8) is 0 Å². The van der Waals surface area contributed by atoms with Crippen molar-refractivity contribution in [3.8, 4) is 34.7 Å². The van der Waals surface area contributed by atoms with Gasteiger partial charge < -0.3 is 34.8 Å². The lowest BCUT2D eigenvalue weighted by molar-refractivity contribution is 0.0692. The Morgan fingerprint density at radius 3 is 1.47 bits per heavy atom. The number of imidazole rings is 2. The van der Waals surface area contributed by atoms with Crippen molar-refractivity contribution in [1.82, 2.24) is 30.2 Å². The van der Waals surface area contributed by atoms with Crippen molar-refractivity contribution in [2.24, 2.45) is 0 Å². The van der Waals surface area contributed by atoms with Crippen molar-refractivity contribution in [2.45, 2.75) is 122 Å². The van der Waals surface area contributed by atoms with Gasteiger partial charge in [-0.3, -0.25) is 4.79 Å². The number of hydrogen-bond donors (Lipinski definition) is 4. The van der Waals surface area contributed by atoms with Crippen LogP contribution in [0.4, 0.5) is 0 Å². The quantitative estimate of drug-likeness (QED) is 0.0816. The first-order chi connectivity index (χ1) is 35.6. The number of aryl methyl sites for hydroxylation is 2. The van der Waals surface area contributed by atoms with Crippen molar-refractivity contribution in [2.75, 3.05) is 53.6 Å². The van der Waals surface area contributed by atoms with Crippen LogP contribution in [0.3, 0.4) is 0 Å². The molecule has 0 radical (unpaired) electrons. The number of carbonyl (C=O) groups is 2. The standard InChI is InChI=1S/C30H34N4O2.C18H22N2O3.C12H14N2.CH4.ClH/c1-20-16-26(24-4-3-5-24)27(28-19-32-29(33-28)12-15-36-2)17-25(20)30(35)34-13-10-23(11-14-34)22-8-6-21(18-31)7-9-22;1-11-8-14(12-4-3-5-12)15(9-13(11)18(21)22)16-10-19-17(20-16)6-7-23-2;13-9-10-1-3-11(4-2-10)12-5-7-14-8-6-12;;/h6-9,16-17,19,23-24H,3-5,10-15H2,1-2H3,(H,32,33);8-10,12H,3-7H2,1-2H3,(H,19,20)(H,21,22);1-4,12,14H,5-8H2;1H4;1H. The van der Waals surface area contributed by atoms with Crippen molar-refractivity contribution < 1.29 is 24.2 Å². The molecule has 4 fully saturated rings. The molecule has 2 aliphatic carbocycles. The van der Waals surface area contributed by atoms with Gasteiger partial charge in [0, 0.05) is 56.8 Å². The number of methoxy groups -OCH3 is 2. The summed E-state index contributed by atoms with van der Waals surface area (Å²) in [5.41, 5.74) is 13.6. The number of piperidine rings is 2. The van der Waals surface area contributed by atoms with Gasteiger partial charge in [0.15, 0.2) is 0 Å². The molecular weight excluding hydrogens is 960 g/mol. The topological polar surface area (TPSA) is 193 Å². The first-order valence-electron chi connectivity index (χ1n) is 26.2. The summed E-state index contributed by atoms with van der Waals surface area (Å²) in [6.45, 7) is 8.89. The number of carboxylic acids is 1. The number of aromatic amines is 2. The molecule has 6 aromatic rings. The average molecular weight is 1040 g/mol. The number of carbonyl (C=O) groups excluding carboxylic acids is 1. The summed E-state index contributed by atoms with van der Waals surface area (Å²) in [6, 6.07) is 28.4. The number of halogens is 1. The number of aromatic nitrogens is 4. The van der Waals surface area contributed by atoms with E-state index in [0.717, 1.165) is 102 Å². The van der Waals surface area contributed by atoms with Gasteiger partial charge in [-0.1, -0.05) is 56.7 Å². The lowest BCUT2D eigenvalue weighted by atomic mass is 9.76. The number of amides is 1. The van der Waals surface area contributed by atoms with Crippen molar-refractivity contribution in [3.05, 3.63) is 152 Å². The molecule has 2 saturated heterocycles. The Labute approximate surface area is 449 Å².